The third-order valence-corrected chi connectivity index (χ3v) is 23.7. The van der Waals surface area contributed by atoms with Crippen LogP contribution in [0.4, 0.5) is 0 Å². The molecule has 2 atom stereocenters. The van der Waals surface area contributed by atoms with E-state index in [4.69, 9.17) is 0 Å². The molecule has 0 aromatic heterocycles. The van der Waals surface area contributed by atoms with E-state index in [2.05, 4.69) is 236 Å². The first-order chi connectivity index (χ1) is 27.0. The average Bonchev–Trinajstić information content (AvgIpc) is 3.74. The van der Waals surface area contributed by atoms with Crippen LogP contribution in [0.3, 0.4) is 0 Å². The summed E-state index contributed by atoms with van der Waals surface area (Å²) in [4.78, 5) is 0. The Kier molecular flexibility index (Phi) is 15.4. The SMILES string of the molecule is Cc1cccc(-c2cccc3[cH-]c([Si](c4cc5c(-c6cccc(C)c6C)cccc5[cH-]4)(C(C(C)(C)C)C(C)(C)C(C)(C)C)C(C(C)(C)C)C(C)(C)C(C)(C)C)cc23)c1C.[CH3-].[CH3-].[Hf+4]. The van der Waals surface area contributed by atoms with E-state index in [1.807, 2.05) is 0 Å². The second-order valence-corrected chi connectivity index (χ2v) is 28.1. The smallest absolute Gasteiger partial charge is 0.358 e. The van der Waals surface area contributed by atoms with Crippen LogP contribution in [0.2, 0.25) is 11.1 Å². The minimum Gasteiger partial charge on any atom is -0.358 e. The Hall–Kier alpha value is -2.81. The van der Waals surface area contributed by atoms with Gasteiger partial charge in [0.15, 0.2) is 0 Å². The number of benzene rings is 4. The molecule has 6 aromatic carbocycles. The van der Waals surface area contributed by atoms with Gasteiger partial charge in [-0.2, -0.15) is 12.1 Å². The molecule has 0 aliphatic carbocycles. The maximum absolute atomic E-state index is 3.03. The van der Waals surface area contributed by atoms with E-state index in [1.54, 1.807) is 10.4 Å². The predicted molar refractivity (Wildman–Crippen MR) is 280 cm³/mol. The van der Waals surface area contributed by atoms with E-state index in [1.165, 1.54) is 66.1 Å². The fraction of sp³-hybridized carbons (Fsp3) is 0.467. The van der Waals surface area contributed by atoms with E-state index in [-0.39, 0.29) is 73.2 Å². The van der Waals surface area contributed by atoms with E-state index >= 15 is 0 Å². The monoisotopic (exact) mass is 1010 g/mol. The van der Waals surface area contributed by atoms with Crippen LogP contribution in [-0.2, 0) is 25.8 Å². The zero-order valence-electron chi connectivity index (χ0n) is 43.4. The largest absolute Gasteiger partial charge is 4.00 e. The van der Waals surface area contributed by atoms with Crippen molar-refractivity contribution in [3.05, 3.63) is 134 Å². The van der Waals surface area contributed by atoms with Crippen molar-refractivity contribution in [2.45, 2.75) is 150 Å². The Morgan fingerprint density at radius 3 is 1.00 bits per heavy atom. The molecule has 6 rings (SSSR count). The van der Waals surface area contributed by atoms with Crippen molar-refractivity contribution in [2.75, 3.05) is 0 Å². The molecule has 62 heavy (non-hydrogen) atoms. The van der Waals surface area contributed by atoms with Gasteiger partial charge in [-0.25, -0.2) is 0 Å². The molecule has 2 unspecified atom stereocenters. The first kappa shape index (κ1) is 53.5. The van der Waals surface area contributed by atoms with Crippen LogP contribution in [0.1, 0.15) is 133 Å². The van der Waals surface area contributed by atoms with Gasteiger partial charge in [-0.3, -0.25) is 0 Å². The minimum atomic E-state index is -3.03. The molecule has 0 fully saturated rings. The predicted octanol–water partition coefficient (Wildman–Crippen LogP) is 17.4. The second-order valence-electron chi connectivity index (χ2n) is 24.0. The molecule has 0 saturated carbocycles. The molecule has 0 N–H and O–H groups in total. The number of aryl methyl sites for hydroxylation is 2. The summed E-state index contributed by atoms with van der Waals surface area (Å²) in [5, 5.41) is 8.71. The fourth-order valence-electron chi connectivity index (χ4n) is 12.0. The third-order valence-electron chi connectivity index (χ3n) is 16.2. The van der Waals surface area contributed by atoms with Crippen LogP contribution >= 0.6 is 0 Å². The van der Waals surface area contributed by atoms with Gasteiger partial charge in [0.1, 0.15) is 0 Å². The average molecular weight is 1010 g/mol. The zero-order valence-corrected chi connectivity index (χ0v) is 48.0. The van der Waals surface area contributed by atoms with Gasteiger partial charge in [-0.15, -0.1) is 68.3 Å². The van der Waals surface area contributed by atoms with Gasteiger partial charge >= 0.3 is 25.8 Å². The van der Waals surface area contributed by atoms with Crippen molar-refractivity contribution in [3.8, 4) is 22.3 Å². The van der Waals surface area contributed by atoms with Gasteiger partial charge in [0, 0.05) is 0 Å². The van der Waals surface area contributed by atoms with Gasteiger partial charge in [0.2, 0.25) is 0 Å². The van der Waals surface area contributed by atoms with Crippen molar-refractivity contribution < 1.29 is 25.8 Å². The summed E-state index contributed by atoms with van der Waals surface area (Å²) >= 11 is 0. The molecule has 0 nitrogen and oxygen atoms in total. The van der Waals surface area contributed by atoms with Crippen LogP contribution in [0.15, 0.2) is 97.1 Å². The maximum atomic E-state index is 2.73. The van der Waals surface area contributed by atoms with Gasteiger partial charge in [-0.1, -0.05) is 170 Å². The maximum Gasteiger partial charge on any atom is 4.00 e. The quantitative estimate of drug-likeness (QED) is 0.105. The standard InChI is InChI=1S/C58H78Si.2CH3.Hf/c1-37-25-21-29-45(39(37)3)47-31-23-27-41-33-43(35-49(41)47)59(51(53(5,6)7)57(17,18)55(11,12)13,52(54(8,9)10)58(19,20)56(14,15)16)44-34-42-28-24-32-48(50(42)36-44)46-30-22-26-38(2)40(46)4;;;/h21-36,51-52H,1-20H3;2*1H3;/q-2;2*-1;+4. The van der Waals surface area contributed by atoms with E-state index in [0.29, 0.717) is 11.1 Å². The van der Waals surface area contributed by atoms with Crippen molar-refractivity contribution >= 4 is 40.0 Å². The molecule has 332 valence electrons. The summed E-state index contributed by atoms with van der Waals surface area (Å²) in [6.45, 7) is 50.3. The second kappa shape index (κ2) is 17.9. The molecule has 0 spiro atoms. The number of hydrogen-bond donors (Lipinski definition) is 0. The molecule has 2 heteroatoms. The summed E-state index contributed by atoms with van der Waals surface area (Å²) in [6, 6.07) is 38.7. The first-order valence-electron chi connectivity index (χ1n) is 22.5. The Balaban J connectivity index is 0.00000341. The molecule has 0 heterocycles. The van der Waals surface area contributed by atoms with Crippen molar-refractivity contribution in [1.82, 2.24) is 0 Å². The number of fused-ring (bicyclic) bond motifs is 2. The van der Waals surface area contributed by atoms with Crippen LogP contribution in [0.25, 0.3) is 43.8 Å². The topological polar surface area (TPSA) is 0 Å². The van der Waals surface area contributed by atoms with Crippen molar-refractivity contribution in [3.63, 3.8) is 0 Å². The van der Waals surface area contributed by atoms with Crippen molar-refractivity contribution in [1.29, 1.82) is 0 Å². The zero-order chi connectivity index (χ0) is 44.1. The van der Waals surface area contributed by atoms with E-state index in [0.717, 1.165) is 0 Å². The minimum absolute atomic E-state index is 0. The number of rotatable bonds is 8. The van der Waals surface area contributed by atoms with Gasteiger partial charge in [-0.05, 0) is 105 Å². The molecule has 6 aromatic rings. The van der Waals surface area contributed by atoms with Crippen LogP contribution in [-0.4, -0.2) is 8.07 Å². The molecule has 0 saturated heterocycles. The third kappa shape index (κ3) is 8.81. The molecular formula is C60H84HfSi. The van der Waals surface area contributed by atoms with Crippen LogP contribution < -0.4 is 10.4 Å². The first-order valence-corrected chi connectivity index (χ1v) is 24.7. The van der Waals surface area contributed by atoms with E-state index < -0.39 is 8.07 Å². The Morgan fingerprint density at radius 1 is 0.419 bits per heavy atom. The molecule has 0 bridgehead atoms. The fourth-order valence-corrected chi connectivity index (χ4v) is 21.5. The van der Waals surface area contributed by atoms with Gasteiger partial charge < -0.3 is 14.9 Å². The van der Waals surface area contributed by atoms with Crippen molar-refractivity contribution in [2.24, 2.45) is 32.5 Å². The Morgan fingerprint density at radius 2 is 0.710 bits per heavy atom. The summed E-state index contributed by atoms with van der Waals surface area (Å²) in [7, 11) is -3.03. The van der Waals surface area contributed by atoms with Crippen LogP contribution in [0, 0.1) is 75.0 Å². The summed E-state index contributed by atoms with van der Waals surface area (Å²) in [5.41, 5.74) is 11.5. The molecule has 0 aliphatic heterocycles. The van der Waals surface area contributed by atoms with E-state index in [9.17, 15) is 0 Å². The summed E-state index contributed by atoms with van der Waals surface area (Å²) in [6.07, 6.45) is 0. The normalized spacial score (nSPS) is 14.3. The number of hydrogen-bond acceptors (Lipinski definition) is 0. The molecule has 0 aliphatic rings. The molecular weight excluding hydrogens is 927 g/mol. The summed E-state index contributed by atoms with van der Waals surface area (Å²) < 4.78 is 0. The van der Waals surface area contributed by atoms with Crippen LogP contribution in [0.5, 0.6) is 0 Å². The Labute approximate surface area is 401 Å². The summed E-state index contributed by atoms with van der Waals surface area (Å²) in [5.74, 6) is 0. The molecule has 0 radical (unpaired) electrons. The Bertz CT molecular complexity index is 2310. The van der Waals surface area contributed by atoms with Gasteiger partial charge in [0.25, 0.3) is 0 Å². The molecule has 0 amide bonds. The van der Waals surface area contributed by atoms with Gasteiger partial charge in [0.05, 0.1) is 8.07 Å².